The number of aromatic nitrogens is 4. The Morgan fingerprint density at radius 2 is 1.93 bits per heavy atom. The Bertz CT molecular complexity index is 1120. The molecule has 0 amide bonds. The van der Waals surface area contributed by atoms with Crippen LogP contribution in [0.15, 0.2) is 54.9 Å². The smallest absolute Gasteiger partial charge is 0.158 e. The Labute approximate surface area is 162 Å². The molecule has 0 atom stereocenters. The Kier molecular flexibility index (Phi) is 4.24. The van der Waals surface area contributed by atoms with E-state index in [0.717, 1.165) is 59.7 Å². The van der Waals surface area contributed by atoms with Crippen molar-refractivity contribution in [2.45, 2.75) is 32.2 Å². The summed E-state index contributed by atoms with van der Waals surface area (Å²) in [6, 6.07) is 12.4. The number of rotatable bonds is 4. The van der Waals surface area contributed by atoms with Gasteiger partial charge in [-0.05, 0) is 61.6 Å². The van der Waals surface area contributed by atoms with E-state index in [9.17, 15) is 4.39 Å². The molecule has 5 nitrogen and oxygen atoms in total. The highest BCUT2D eigenvalue weighted by atomic mass is 19.1. The van der Waals surface area contributed by atoms with E-state index in [-0.39, 0.29) is 5.82 Å². The van der Waals surface area contributed by atoms with Crippen LogP contribution >= 0.6 is 0 Å². The summed E-state index contributed by atoms with van der Waals surface area (Å²) in [5, 5.41) is 8.35. The number of aryl methyl sites for hydroxylation is 1. The second-order valence-electron chi connectivity index (χ2n) is 7.11. The van der Waals surface area contributed by atoms with Gasteiger partial charge in [-0.15, -0.1) is 0 Å². The van der Waals surface area contributed by atoms with Crippen molar-refractivity contribution in [3.63, 3.8) is 0 Å². The van der Waals surface area contributed by atoms with Crippen LogP contribution in [-0.2, 0) is 19.4 Å². The number of benzene rings is 1. The van der Waals surface area contributed by atoms with Gasteiger partial charge in [-0.1, -0.05) is 6.07 Å². The van der Waals surface area contributed by atoms with Gasteiger partial charge < -0.3 is 5.32 Å². The molecule has 5 rings (SSSR count). The second-order valence-corrected chi connectivity index (χ2v) is 7.11. The van der Waals surface area contributed by atoms with Crippen LogP contribution < -0.4 is 5.32 Å². The van der Waals surface area contributed by atoms with Crippen LogP contribution in [0.4, 0.5) is 10.2 Å². The van der Waals surface area contributed by atoms with Crippen LogP contribution in [0.25, 0.3) is 16.9 Å². The molecule has 0 saturated heterocycles. The van der Waals surface area contributed by atoms with Crippen molar-refractivity contribution in [2.24, 2.45) is 0 Å². The Balaban J connectivity index is 1.59. The van der Waals surface area contributed by atoms with E-state index in [2.05, 4.69) is 16.4 Å². The number of pyridine rings is 1. The zero-order valence-corrected chi connectivity index (χ0v) is 15.4. The monoisotopic (exact) mass is 373 g/mol. The fourth-order valence-electron chi connectivity index (χ4n) is 3.78. The van der Waals surface area contributed by atoms with Gasteiger partial charge in [0.2, 0.25) is 0 Å². The number of nitrogens with one attached hydrogen (secondary N) is 1. The Morgan fingerprint density at radius 1 is 1.07 bits per heavy atom. The average molecular weight is 373 g/mol. The molecule has 28 heavy (non-hydrogen) atoms. The van der Waals surface area contributed by atoms with Crippen LogP contribution in [0.2, 0.25) is 0 Å². The predicted molar refractivity (Wildman–Crippen MR) is 107 cm³/mol. The van der Waals surface area contributed by atoms with Gasteiger partial charge in [0.25, 0.3) is 0 Å². The van der Waals surface area contributed by atoms with Crippen molar-refractivity contribution < 1.29 is 4.39 Å². The number of halogens is 1. The Morgan fingerprint density at radius 3 is 2.75 bits per heavy atom. The van der Waals surface area contributed by atoms with Crippen LogP contribution in [0.1, 0.15) is 29.7 Å². The lowest BCUT2D eigenvalue weighted by atomic mass is 9.96. The summed E-state index contributed by atoms with van der Waals surface area (Å²) < 4.78 is 15.2. The minimum absolute atomic E-state index is 0.250. The summed E-state index contributed by atoms with van der Waals surface area (Å²) in [7, 11) is 0. The van der Waals surface area contributed by atoms with Gasteiger partial charge in [0.15, 0.2) is 5.65 Å². The van der Waals surface area contributed by atoms with Gasteiger partial charge in [0.05, 0.1) is 5.69 Å². The number of anilines is 1. The summed E-state index contributed by atoms with van der Waals surface area (Å²) in [6.45, 7) is 0.672. The molecule has 0 unspecified atom stereocenters. The molecule has 0 radical (unpaired) electrons. The van der Waals surface area contributed by atoms with Gasteiger partial charge in [-0.3, -0.25) is 4.98 Å². The molecule has 1 aromatic carbocycles. The van der Waals surface area contributed by atoms with Gasteiger partial charge in [0, 0.05) is 41.8 Å². The molecule has 4 aromatic rings. The largest absolute Gasteiger partial charge is 0.366 e. The summed E-state index contributed by atoms with van der Waals surface area (Å²) in [4.78, 5) is 9.06. The molecule has 1 aliphatic rings. The molecule has 0 fully saturated rings. The normalized spacial score (nSPS) is 13.5. The van der Waals surface area contributed by atoms with E-state index in [0.29, 0.717) is 6.54 Å². The molecule has 1 N–H and O–H groups in total. The second kappa shape index (κ2) is 7.03. The lowest BCUT2D eigenvalue weighted by Crippen LogP contribution is -2.15. The van der Waals surface area contributed by atoms with E-state index in [4.69, 9.17) is 10.1 Å². The third-order valence-electron chi connectivity index (χ3n) is 5.20. The highest BCUT2D eigenvalue weighted by Gasteiger charge is 2.20. The van der Waals surface area contributed by atoms with E-state index in [1.165, 1.54) is 17.7 Å². The molecule has 3 aromatic heterocycles. The topological polar surface area (TPSA) is 55.1 Å². The van der Waals surface area contributed by atoms with E-state index < -0.39 is 0 Å². The Hall–Kier alpha value is -3.28. The van der Waals surface area contributed by atoms with Gasteiger partial charge >= 0.3 is 0 Å². The van der Waals surface area contributed by atoms with Gasteiger partial charge in [-0.2, -0.15) is 9.61 Å². The van der Waals surface area contributed by atoms with Crippen LogP contribution in [-0.4, -0.2) is 19.6 Å². The third kappa shape index (κ3) is 3.11. The van der Waals surface area contributed by atoms with Crippen molar-refractivity contribution in [3.05, 3.63) is 77.5 Å². The van der Waals surface area contributed by atoms with Crippen LogP contribution in [0, 0.1) is 5.82 Å². The van der Waals surface area contributed by atoms with Gasteiger partial charge in [0.1, 0.15) is 11.6 Å². The SMILES string of the molecule is Fc1ccc(-c2cc3nc4c(c(NCc5cccnc5)n3n2)CCCC4)cc1. The number of nitrogens with zero attached hydrogens (tertiary/aromatic N) is 4. The third-order valence-corrected chi connectivity index (χ3v) is 5.20. The number of fused-ring (bicyclic) bond motifs is 2. The molecule has 0 bridgehead atoms. The lowest BCUT2D eigenvalue weighted by Gasteiger charge is -2.20. The zero-order valence-electron chi connectivity index (χ0n) is 15.4. The van der Waals surface area contributed by atoms with E-state index in [1.807, 2.05) is 22.8 Å². The van der Waals surface area contributed by atoms with E-state index >= 15 is 0 Å². The van der Waals surface area contributed by atoms with Crippen LogP contribution in [0.5, 0.6) is 0 Å². The maximum atomic E-state index is 13.3. The molecule has 0 spiro atoms. The first kappa shape index (κ1) is 16.9. The number of hydrogen-bond acceptors (Lipinski definition) is 4. The van der Waals surface area contributed by atoms with Crippen molar-refractivity contribution in [2.75, 3.05) is 5.32 Å². The molecule has 6 heteroatoms. The maximum Gasteiger partial charge on any atom is 0.158 e. The summed E-state index contributed by atoms with van der Waals surface area (Å²) in [5.41, 5.74) is 5.99. The van der Waals surface area contributed by atoms with Crippen molar-refractivity contribution in [1.82, 2.24) is 19.6 Å². The fourth-order valence-corrected chi connectivity index (χ4v) is 3.78. The quantitative estimate of drug-likeness (QED) is 0.575. The van der Waals surface area contributed by atoms with E-state index in [1.54, 1.807) is 18.3 Å². The fraction of sp³-hybridized carbons (Fsp3) is 0.227. The van der Waals surface area contributed by atoms with Crippen molar-refractivity contribution in [3.8, 4) is 11.3 Å². The average Bonchev–Trinajstić information content (AvgIpc) is 3.16. The first-order valence-corrected chi connectivity index (χ1v) is 9.58. The molecule has 140 valence electrons. The number of hydrogen-bond donors (Lipinski definition) is 1. The first-order valence-electron chi connectivity index (χ1n) is 9.58. The maximum absolute atomic E-state index is 13.3. The highest BCUT2D eigenvalue weighted by molar-refractivity contribution is 5.67. The summed E-state index contributed by atoms with van der Waals surface area (Å²) in [6.07, 6.45) is 7.96. The molecule has 1 aliphatic carbocycles. The molecule has 0 aliphatic heterocycles. The molecule has 0 saturated carbocycles. The summed E-state index contributed by atoms with van der Waals surface area (Å²) >= 11 is 0. The van der Waals surface area contributed by atoms with Crippen molar-refractivity contribution in [1.29, 1.82) is 0 Å². The van der Waals surface area contributed by atoms with Gasteiger partial charge in [-0.25, -0.2) is 9.37 Å². The van der Waals surface area contributed by atoms with Crippen LogP contribution in [0.3, 0.4) is 0 Å². The summed E-state index contributed by atoms with van der Waals surface area (Å²) in [5.74, 6) is 0.747. The molecular formula is C22H20FN5. The highest BCUT2D eigenvalue weighted by Crippen LogP contribution is 2.30. The molecule has 3 heterocycles. The first-order chi connectivity index (χ1) is 13.8. The molecular weight excluding hydrogens is 353 g/mol. The van der Waals surface area contributed by atoms with Crippen molar-refractivity contribution >= 4 is 11.5 Å². The zero-order chi connectivity index (χ0) is 18.9. The minimum atomic E-state index is -0.250. The lowest BCUT2D eigenvalue weighted by molar-refractivity contribution is 0.628. The standard InChI is InChI=1S/C22H20FN5/c23-17-9-7-16(8-10-17)20-12-21-26-19-6-2-1-5-18(19)22(28(21)27-20)25-14-15-4-3-11-24-13-15/h3-4,7-13,25H,1-2,5-6,14H2. The minimum Gasteiger partial charge on any atom is -0.366 e. The predicted octanol–water partition coefficient (Wildman–Crippen LogP) is 4.42.